The van der Waals surface area contributed by atoms with Gasteiger partial charge in [-0.3, -0.25) is 0 Å². The quantitative estimate of drug-likeness (QED) is 0.859. The lowest BCUT2D eigenvalue weighted by Crippen LogP contribution is -2.23. The van der Waals surface area contributed by atoms with E-state index in [1.807, 2.05) is 18.2 Å². The molecule has 2 rings (SSSR count). The Bertz CT molecular complexity index is 453. The van der Waals surface area contributed by atoms with Crippen LogP contribution < -0.4 is 15.2 Å². The van der Waals surface area contributed by atoms with E-state index in [2.05, 4.69) is 6.92 Å². The van der Waals surface area contributed by atoms with Crippen molar-refractivity contribution in [3.8, 4) is 11.5 Å². The molecule has 3 nitrogen and oxygen atoms in total. The highest BCUT2D eigenvalue weighted by atomic mass is 32.1. The molecule has 0 aliphatic heterocycles. The van der Waals surface area contributed by atoms with Crippen molar-refractivity contribution < 1.29 is 9.47 Å². The van der Waals surface area contributed by atoms with E-state index in [1.165, 1.54) is 12.8 Å². The maximum Gasteiger partial charge on any atom is 0.161 e. The predicted octanol–water partition coefficient (Wildman–Crippen LogP) is 3.29. The van der Waals surface area contributed by atoms with Crippen molar-refractivity contribution in [3.05, 3.63) is 23.8 Å². The molecular formula is C15H21NO2S. The summed E-state index contributed by atoms with van der Waals surface area (Å²) in [6, 6.07) is 5.61. The highest BCUT2D eigenvalue weighted by Crippen LogP contribution is 2.33. The van der Waals surface area contributed by atoms with Crippen LogP contribution in [0.4, 0.5) is 0 Å². The van der Waals surface area contributed by atoms with E-state index in [0.29, 0.717) is 16.8 Å². The largest absolute Gasteiger partial charge is 0.493 e. The molecule has 0 bridgehead atoms. The van der Waals surface area contributed by atoms with Gasteiger partial charge < -0.3 is 15.2 Å². The Morgan fingerprint density at radius 2 is 1.89 bits per heavy atom. The number of methoxy groups -OCH3 is 1. The fourth-order valence-corrected chi connectivity index (χ4v) is 2.57. The Labute approximate surface area is 120 Å². The first kappa shape index (κ1) is 14.1. The smallest absolute Gasteiger partial charge is 0.161 e. The third-order valence-corrected chi connectivity index (χ3v) is 3.94. The Morgan fingerprint density at radius 3 is 2.47 bits per heavy atom. The summed E-state index contributed by atoms with van der Waals surface area (Å²) in [5.41, 5.74) is 6.42. The second-order valence-electron chi connectivity index (χ2n) is 5.23. The Hall–Kier alpha value is -1.29. The van der Waals surface area contributed by atoms with Gasteiger partial charge in [0.05, 0.1) is 13.2 Å². The van der Waals surface area contributed by atoms with Crippen LogP contribution in [-0.2, 0) is 0 Å². The lowest BCUT2D eigenvalue weighted by molar-refractivity contribution is 0.131. The summed E-state index contributed by atoms with van der Waals surface area (Å²) in [5, 5.41) is 0. The normalized spacial score (nSPS) is 22.8. The summed E-state index contributed by atoms with van der Waals surface area (Å²) >= 11 is 4.97. The zero-order valence-electron chi connectivity index (χ0n) is 11.5. The highest BCUT2D eigenvalue weighted by Gasteiger charge is 2.20. The molecule has 104 valence electrons. The van der Waals surface area contributed by atoms with Gasteiger partial charge in [0.15, 0.2) is 11.5 Å². The Kier molecular flexibility index (Phi) is 4.64. The van der Waals surface area contributed by atoms with E-state index in [9.17, 15) is 0 Å². The second kappa shape index (κ2) is 6.24. The van der Waals surface area contributed by atoms with Gasteiger partial charge in [0.1, 0.15) is 4.99 Å². The van der Waals surface area contributed by atoms with Gasteiger partial charge in [-0.25, -0.2) is 0 Å². The first-order valence-electron chi connectivity index (χ1n) is 6.74. The molecule has 1 aromatic rings. The van der Waals surface area contributed by atoms with Crippen molar-refractivity contribution in [2.24, 2.45) is 11.7 Å². The van der Waals surface area contributed by atoms with Crippen LogP contribution in [0.15, 0.2) is 18.2 Å². The zero-order valence-corrected chi connectivity index (χ0v) is 12.3. The average molecular weight is 279 g/mol. The molecule has 1 aliphatic rings. The van der Waals surface area contributed by atoms with E-state index in [-0.39, 0.29) is 0 Å². The third-order valence-electron chi connectivity index (χ3n) is 3.70. The monoisotopic (exact) mass is 279 g/mol. The summed E-state index contributed by atoms with van der Waals surface area (Å²) in [6.07, 6.45) is 4.99. The SMILES string of the molecule is COc1cc(C(N)=S)ccc1OC1CCC(C)CC1. The first-order valence-corrected chi connectivity index (χ1v) is 7.15. The van der Waals surface area contributed by atoms with Crippen molar-refractivity contribution in [1.82, 2.24) is 0 Å². The number of benzene rings is 1. The number of nitrogens with two attached hydrogens (primary N) is 1. The van der Waals surface area contributed by atoms with Crippen molar-refractivity contribution in [3.63, 3.8) is 0 Å². The molecule has 0 radical (unpaired) electrons. The van der Waals surface area contributed by atoms with E-state index < -0.39 is 0 Å². The van der Waals surface area contributed by atoms with Gasteiger partial charge in [-0.05, 0) is 49.8 Å². The van der Waals surface area contributed by atoms with Crippen LogP contribution in [0.3, 0.4) is 0 Å². The maximum absolute atomic E-state index is 6.05. The van der Waals surface area contributed by atoms with Crippen molar-refractivity contribution in [1.29, 1.82) is 0 Å². The molecule has 0 spiro atoms. The Morgan fingerprint density at radius 1 is 1.21 bits per heavy atom. The van der Waals surface area contributed by atoms with E-state index >= 15 is 0 Å². The minimum absolute atomic E-state index is 0.292. The number of hydrogen-bond donors (Lipinski definition) is 1. The molecule has 19 heavy (non-hydrogen) atoms. The molecule has 1 fully saturated rings. The standard InChI is InChI=1S/C15H21NO2S/c1-10-3-6-12(7-4-10)18-13-8-5-11(15(16)19)9-14(13)17-2/h5,8-10,12H,3-4,6-7H2,1-2H3,(H2,16,19). The molecule has 2 N–H and O–H groups in total. The van der Waals surface area contributed by atoms with Gasteiger partial charge in [0.25, 0.3) is 0 Å². The van der Waals surface area contributed by atoms with Crippen molar-refractivity contribution in [2.45, 2.75) is 38.7 Å². The number of rotatable bonds is 4. The molecular weight excluding hydrogens is 258 g/mol. The van der Waals surface area contributed by atoms with Crippen LogP contribution in [0.25, 0.3) is 0 Å². The van der Waals surface area contributed by atoms with E-state index in [4.69, 9.17) is 27.4 Å². The minimum atomic E-state index is 0.292. The second-order valence-corrected chi connectivity index (χ2v) is 5.67. The molecule has 0 amide bonds. The number of thiocarbonyl (C=S) groups is 1. The minimum Gasteiger partial charge on any atom is -0.493 e. The zero-order chi connectivity index (χ0) is 13.8. The lowest BCUT2D eigenvalue weighted by atomic mass is 9.89. The van der Waals surface area contributed by atoms with Gasteiger partial charge >= 0.3 is 0 Å². The van der Waals surface area contributed by atoms with Crippen molar-refractivity contribution in [2.75, 3.05) is 7.11 Å². The number of hydrogen-bond acceptors (Lipinski definition) is 3. The summed E-state index contributed by atoms with van der Waals surface area (Å²) < 4.78 is 11.4. The molecule has 1 saturated carbocycles. The van der Waals surface area contributed by atoms with Crippen LogP contribution in [0, 0.1) is 5.92 Å². The van der Waals surface area contributed by atoms with Crippen LogP contribution in [0.5, 0.6) is 11.5 Å². The van der Waals surface area contributed by atoms with E-state index in [1.54, 1.807) is 7.11 Å². The molecule has 0 aromatic heterocycles. The van der Waals surface area contributed by atoms with Crippen molar-refractivity contribution >= 4 is 17.2 Å². The summed E-state index contributed by atoms with van der Waals surface area (Å²) in [5.74, 6) is 2.30. The van der Waals surface area contributed by atoms with Gasteiger partial charge in [-0.15, -0.1) is 0 Å². The van der Waals surface area contributed by atoms with Gasteiger partial charge in [0.2, 0.25) is 0 Å². The molecule has 1 aliphatic carbocycles. The van der Waals surface area contributed by atoms with Gasteiger partial charge in [-0.2, -0.15) is 0 Å². The van der Waals surface area contributed by atoms with Gasteiger partial charge in [-0.1, -0.05) is 19.1 Å². The topological polar surface area (TPSA) is 44.5 Å². The number of ether oxygens (including phenoxy) is 2. The maximum atomic E-state index is 6.05. The fourth-order valence-electron chi connectivity index (χ4n) is 2.45. The van der Waals surface area contributed by atoms with Gasteiger partial charge in [0, 0.05) is 5.56 Å². The van der Waals surface area contributed by atoms with Crippen LogP contribution >= 0.6 is 12.2 Å². The van der Waals surface area contributed by atoms with E-state index in [0.717, 1.165) is 30.1 Å². The van der Waals surface area contributed by atoms with Crippen LogP contribution in [0.1, 0.15) is 38.2 Å². The molecule has 0 saturated heterocycles. The predicted molar refractivity (Wildman–Crippen MR) is 80.9 cm³/mol. The van der Waals surface area contributed by atoms with Crippen LogP contribution in [0.2, 0.25) is 0 Å². The lowest BCUT2D eigenvalue weighted by Gasteiger charge is -2.27. The average Bonchev–Trinajstić information content (AvgIpc) is 2.41. The highest BCUT2D eigenvalue weighted by molar-refractivity contribution is 7.80. The fraction of sp³-hybridized carbons (Fsp3) is 0.533. The summed E-state index contributed by atoms with van der Waals surface area (Å²) in [7, 11) is 1.63. The molecule has 0 heterocycles. The Balaban J connectivity index is 2.09. The molecule has 4 heteroatoms. The van der Waals surface area contributed by atoms with Crippen LogP contribution in [-0.4, -0.2) is 18.2 Å². The summed E-state index contributed by atoms with van der Waals surface area (Å²) in [4.78, 5) is 0.372. The first-order chi connectivity index (χ1) is 9.10. The molecule has 0 unspecified atom stereocenters. The molecule has 0 atom stereocenters. The third kappa shape index (κ3) is 3.60. The molecule has 1 aromatic carbocycles. The summed E-state index contributed by atoms with van der Waals surface area (Å²) in [6.45, 7) is 2.30.